The Kier molecular flexibility index (Phi) is 11.9. The van der Waals surface area contributed by atoms with Crippen molar-refractivity contribution in [3.8, 4) is 5.75 Å². The van der Waals surface area contributed by atoms with E-state index in [4.69, 9.17) is 4.74 Å². The van der Waals surface area contributed by atoms with E-state index in [1.54, 1.807) is 35.6 Å². The van der Waals surface area contributed by atoms with Crippen LogP contribution in [-0.4, -0.2) is 65.3 Å². The highest BCUT2D eigenvalue weighted by molar-refractivity contribution is 7.09. The number of fused-ring (bicyclic) bond motifs is 1. The van der Waals surface area contributed by atoms with Crippen LogP contribution in [0.4, 0.5) is 0 Å². The van der Waals surface area contributed by atoms with Gasteiger partial charge in [-0.15, -0.1) is 11.3 Å². The number of hydrogen-bond donors (Lipinski definition) is 3. The Balaban J connectivity index is 1.54. The van der Waals surface area contributed by atoms with E-state index in [0.29, 0.717) is 18.7 Å². The van der Waals surface area contributed by atoms with Gasteiger partial charge in [0.2, 0.25) is 17.7 Å². The van der Waals surface area contributed by atoms with Crippen LogP contribution in [0.1, 0.15) is 59.7 Å². The molecule has 3 N–H and O–H groups in total. The van der Waals surface area contributed by atoms with Crippen molar-refractivity contribution >= 4 is 35.0 Å². The summed E-state index contributed by atoms with van der Waals surface area (Å²) < 4.78 is 6.06. The Morgan fingerprint density at radius 3 is 2.57 bits per heavy atom. The van der Waals surface area contributed by atoms with Crippen molar-refractivity contribution in [3.63, 3.8) is 0 Å². The van der Waals surface area contributed by atoms with Crippen molar-refractivity contribution in [1.29, 1.82) is 0 Å². The van der Waals surface area contributed by atoms with Gasteiger partial charge >= 0.3 is 0 Å². The zero-order valence-electron chi connectivity index (χ0n) is 25.5. The summed E-state index contributed by atoms with van der Waals surface area (Å²) in [6, 6.07) is 14.9. The molecule has 3 aromatic rings. The predicted molar refractivity (Wildman–Crippen MR) is 169 cm³/mol. The van der Waals surface area contributed by atoms with Gasteiger partial charge in [-0.1, -0.05) is 56.3 Å². The molecule has 0 unspecified atom stereocenters. The van der Waals surface area contributed by atoms with Gasteiger partial charge < -0.3 is 25.6 Å². The number of benzene rings is 2. The van der Waals surface area contributed by atoms with Crippen molar-refractivity contribution in [2.75, 3.05) is 19.7 Å². The van der Waals surface area contributed by atoms with Gasteiger partial charge in [0.05, 0.1) is 23.2 Å². The van der Waals surface area contributed by atoms with Gasteiger partial charge in [0.1, 0.15) is 18.4 Å². The monoisotopic (exact) mass is 619 g/mol. The van der Waals surface area contributed by atoms with Gasteiger partial charge in [-0.2, -0.15) is 0 Å². The number of hydrogen-bond acceptors (Lipinski definition) is 7. The lowest BCUT2D eigenvalue weighted by Crippen LogP contribution is -2.48. The van der Waals surface area contributed by atoms with E-state index >= 15 is 0 Å². The quantitative estimate of drug-likeness (QED) is 0.330. The van der Waals surface area contributed by atoms with E-state index < -0.39 is 11.9 Å². The van der Waals surface area contributed by atoms with Crippen LogP contribution >= 0.6 is 11.3 Å². The SMILES string of the molecule is Cc1csc(CCCNC(=O)[C@@H]2CCC(=O)N(Cc3ccccc3)CC(=O)N[C@@H](C(C)C)COc3ccccc3C(=O)N2)n1. The van der Waals surface area contributed by atoms with Crippen LogP contribution in [0.15, 0.2) is 60.0 Å². The lowest BCUT2D eigenvalue weighted by Gasteiger charge is -2.26. The molecule has 11 heteroatoms. The van der Waals surface area contributed by atoms with Crippen LogP contribution in [-0.2, 0) is 27.3 Å². The average Bonchev–Trinajstić information content (AvgIpc) is 3.43. The highest BCUT2D eigenvalue weighted by atomic mass is 32.1. The molecule has 0 bridgehead atoms. The summed E-state index contributed by atoms with van der Waals surface area (Å²) >= 11 is 1.59. The second-order valence-electron chi connectivity index (χ2n) is 11.3. The highest BCUT2D eigenvalue weighted by Crippen LogP contribution is 2.20. The maximum absolute atomic E-state index is 13.6. The van der Waals surface area contributed by atoms with Gasteiger partial charge in [-0.3, -0.25) is 19.2 Å². The maximum Gasteiger partial charge on any atom is 0.255 e. The molecule has 1 aromatic heterocycles. The third kappa shape index (κ3) is 9.63. The molecule has 1 aliphatic heterocycles. The summed E-state index contributed by atoms with van der Waals surface area (Å²) in [7, 11) is 0. The molecule has 0 radical (unpaired) electrons. The topological polar surface area (TPSA) is 130 Å². The van der Waals surface area contributed by atoms with Crippen LogP contribution in [0, 0.1) is 12.8 Å². The number of para-hydroxylation sites is 1. The second kappa shape index (κ2) is 16.0. The van der Waals surface area contributed by atoms with E-state index in [1.807, 2.05) is 56.5 Å². The van der Waals surface area contributed by atoms with E-state index in [1.165, 1.54) is 4.90 Å². The van der Waals surface area contributed by atoms with Gasteiger partial charge in [0.15, 0.2) is 0 Å². The summed E-state index contributed by atoms with van der Waals surface area (Å²) in [4.78, 5) is 59.6. The number of nitrogens with one attached hydrogen (secondary N) is 3. The minimum atomic E-state index is -0.970. The minimum absolute atomic E-state index is 0.0293. The molecule has 2 heterocycles. The molecule has 2 aromatic carbocycles. The largest absolute Gasteiger partial charge is 0.491 e. The van der Waals surface area contributed by atoms with Crippen LogP contribution in [0.2, 0.25) is 0 Å². The van der Waals surface area contributed by atoms with Gasteiger partial charge in [-0.25, -0.2) is 4.98 Å². The zero-order valence-corrected chi connectivity index (χ0v) is 26.3. The molecule has 0 fully saturated rings. The standard InChI is InChI=1S/C33H41N5O5S/c1-22(2)27-20-43-28-13-8-7-12-25(28)32(41)37-26(33(42)34-17-9-14-30-35-23(3)21-44-30)15-16-31(40)38(19-29(39)36-27)18-24-10-5-4-6-11-24/h4-8,10-13,21-22,26-27H,9,14-20H2,1-3H3,(H,34,42)(H,36,39)(H,37,41)/t26-,27+/m0/s1. The highest BCUT2D eigenvalue weighted by Gasteiger charge is 2.28. The number of amides is 4. The van der Waals surface area contributed by atoms with E-state index in [-0.39, 0.29) is 67.8 Å². The molecule has 2 atom stereocenters. The molecule has 4 amide bonds. The summed E-state index contributed by atoms with van der Waals surface area (Å²) in [6.07, 6.45) is 1.44. The number of rotatable bonds is 8. The number of aromatic nitrogens is 1. The van der Waals surface area contributed by atoms with Gasteiger partial charge in [0.25, 0.3) is 5.91 Å². The number of carbonyl (C=O) groups excluding carboxylic acids is 4. The second-order valence-corrected chi connectivity index (χ2v) is 12.2. The summed E-state index contributed by atoms with van der Waals surface area (Å²) in [5, 5.41) is 11.8. The van der Waals surface area contributed by atoms with Crippen molar-refractivity contribution in [2.24, 2.45) is 5.92 Å². The number of carbonyl (C=O) groups is 4. The fourth-order valence-corrected chi connectivity index (χ4v) is 5.66. The smallest absolute Gasteiger partial charge is 0.255 e. The Bertz CT molecular complexity index is 1430. The Hall–Kier alpha value is -4.25. The fraction of sp³-hybridized carbons (Fsp3) is 0.424. The van der Waals surface area contributed by atoms with Crippen molar-refractivity contribution in [1.82, 2.24) is 25.8 Å². The normalized spacial score (nSPS) is 18.4. The average molecular weight is 620 g/mol. The molecule has 44 heavy (non-hydrogen) atoms. The number of aryl methyl sites for hydroxylation is 2. The molecule has 0 spiro atoms. The Labute approximate surface area is 262 Å². The molecule has 0 saturated carbocycles. The fourth-order valence-electron chi connectivity index (χ4n) is 4.84. The lowest BCUT2D eigenvalue weighted by atomic mass is 10.1. The van der Waals surface area contributed by atoms with Crippen LogP contribution < -0.4 is 20.7 Å². The van der Waals surface area contributed by atoms with Crippen LogP contribution in [0.25, 0.3) is 0 Å². The molecule has 4 rings (SSSR count). The summed E-state index contributed by atoms with van der Waals surface area (Å²) in [6.45, 7) is 6.50. The zero-order chi connectivity index (χ0) is 31.5. The third-order valence-corrected chi connectivity index (χ3v) is 8.43. The molecule has 10 nitrogen and oxygen atoms in total. The van der Waals surface area contributed by atoms with E-state index in [0.717, 1.165) is 22.7 Å². The first kappa shape index (κ1) is 32.7. The Morgan fingerprint density at radius 2 is 1.84 bits per heavy atom. The number of nitrogens with zero attached hydrogens (tertiary/aromatic N) is 2. The van der Waals surface area contributed by atoms with Crippen LogP contribution in [0.5, 0.6) is 5.75 Å². The Morgan fingerprint density at radius 1 is 1.09 bits per heavy atom. The summed E-state index contributed by atoms with van der Waals surface area (Å²) in [5.74, 6) is -1.08. The maximum atomic E-state index is 13.6. The predicted octanol–water partition coefficient (Wildman–Crippen LogP) is 3.64. The van der Waals surface area contributed by atoms with E-state index in [9.17, 15) is 19.2 Å². The van der Waals surface area contributed by atoms with Crippen molar-refractivity contribution in [2.45, 2.75) is 65.1 Å². The molecule has 1 aliphatic rings. The molecular formula is C33H41N5O5S. The molecule has 234 valence electrons. The first-order chi connectivity index (χ1) is 21.2. The third-order valence-electron chi connectivity index (χ3n) is 7.41. The van der Waals surface area contributed by atoms with Gasteiger partial charge in [0, 0.05) is 37.0 Å². The van der Waals surface area contributed by atoms with Gasteiger partial charge in [-0.05, 0) is 43.4 Å². The van der Waals surface area contributed by atoms with Crippen molar-refractivity contribution < 1.29 is 23.9 Å². The van der Waals surface area contributed by atoms with Crippen LogP contribution in [0.3, 0.4) is 0 Å². The van der Waals surface area contributed by atoms with Crippen molar-refractivity contribution in [3.05, 3.63) is 81.8 Å². The summed E-state index contributed by atoms with van der Waals surface area (Å²) in [5.41, 5.74) is 2.12. The first-order valence-electron chi connectivity index (χ1n) is 15.0. The first-order valence-corrected chi connectivity index (χ1v) is 15.9. The molecule has 0 aliphatic carbocycles. The molecular weight excluding hydrogens is 578 g/mol. The van der Waals surface area contributed by atoms with E-state index in [2.05, 4.69) is 20.9 Å². The number of ether oxygens (including phenoxy) is 1. The number of thiazole rings is 1. The lowest BCUT2D eigenvalue weighted by molar-refractivity contribution is -0.137. The minimum Gasteiger partial charge on any atom is -0.491 e. The molecule has 0 saturated heterocycles.